The molecule has 0 radical (unpaired) electrons. The number of guanidine groups is 1. The summed E-state index contributed by atoms with van der Waals surface area (Å²) in [5.74, 6) is 1.77. The Morgan fingerprint density at radius 2 is 2.08 bits per heavy atom. The first kappa shape index (κ1) is 18.3. The van der Waals surface area contributed by atoms with Gasteiger partial charge in [0.25, 0.3) is 0 Å². The smallest absolute Gasteiger partial charge is 0.191 e. The van der Waals surface area contributed by atoms with E-state index in [1.54, 1.807) is 11.3 Å². The van der Waals surface area contributed by atoms with Gasteiger partial charge in [-0.05, 0) is 32.9 Å². The van der Waals surface area contributed by atoms with Crippen LogP contribution in [0.25, 0.3) is 5.65 Å². The highest BCUT2D eigenvalue weighted by atomic mass is 32.1. The van der Waals surface area contributed by atoms with Crippen molar-refractivity contribution < 1.29 is 0 Å². The molecule has 3 aromatic rings. The minimum Gasteiger partial charge on any atom is -0.357 e. The van der Waals surface area contributed by atoms with Crippen LogP contribution in [0.5, 0.6) is 0 Å². The Labute approximate surface area is 157 Å². The van der Waals surface area contributed by atoms with Gasteiger partial charge in [-0.3, -0.25) is 9.39 Å². The van der Waals surface area contributed by atoms with E-state index >= 15 is 0 Å². The van der Waals surface area contributed by atoms with E-state index in [0.29, 0.717) is 0 Å². The summed E-state index contributed by atoms with van der Waals surface area (Å²) in [5.41, 5.74) is 2.00. The number of pyridine rings is 1. The number of hydrogen-bond acceptors (Lipinski definition) is 5. The van der Waals surface area contributed by atoms with E-state index in [0.717, 1.165) is 60.6 Å². The molecule has 0 amide bonds. The molecule has 3 aromatic heterocycles. The second-order valence-corrected chi connectivity index (χ2v) is 7.27. The lowest BCUT2D eigenvalue weighted by atomic mass is 10.4. The standard InChI is InChI=1S/C18H25N7S/c1-4-19-18(21-11-9-17-22-13(2)14(3)26-17)20-10-8-16-24-23-15-7-5-6-12-25(15)16/h5-7,12H,4,8-11H2,1-3H3,(H2,19,20,21). The second kappa shape index (κ2) is 8.75. The summed E-state index contributed by atoms with van der Waals surface area (Å²) in [4.78, 5) is 10.5. The minimum atomic E-state index is 0.718. The fourth-order valence-corrected chi connectivity index (χ4v) is 3.53. The topological polar surface area (TPSA) is 79.5 Å². The molecule has 0 unspecified atom stereocenters. The maximum atomic E-state index is 4.65. The second-order valence-electron chi connectivity index (χ2n) is 5.98. The van der Waals surface area contributed by atoms with Crippen LogP contribution in [-0.2, 0) is 12.8 Å². The molecule has 0 aromatic carbocycles. The highest BCUT2D eigenvalue weighted by Gasteiger charge is 2.06. The minimum absolute atomic E-state index is 0.718. The predicted octanol–water partition coefficient (Wildman–Crippen LogP) is 2.14. The highest BCUT2D eigenvalue weighted by molar-refractivity contribution is 7.11. The molecular weight excluding hydrogens is 346 g/mol. The zero-order valence-corrected chi connectivity index (χ0v) is 16.3. The molecule has 0 saturated carbocycles. The number of aliphatic imine (C=N–C) groups is 1. The quantitative estimate of drug-likeness (QED) is 0.491. The van der Waals surface area contributed by atoms with Crippen LogP contribution in [0.15, 0.2) is 29.4 Å². The van der Waals surface area contributed by atoms with Crippen LogP contribution in [0.1, 0.15) is 28.3 Å². The first-order valence-electron chi connectivity index (χ1n) is 8.91. The fourth-order valence-electron chi connectivity index (χ4n) is 2.61. The Hall–Kier alpha value is -2.48. The first-order valence-corrected chi connectivity index (χ1v) is 9.72. The SMILES string of the molecule is CCNC(=NCCc1nc(C)c(C)s1)NCCc1nnc2ccccn12. The predicted molar refractivity (Wildman–Crippen MR) is 106 cm³/mol. The van der Waals surface area contributed by atoms with E-state index in [1.165, 1.54) is 4.88 Å². The normalized spacial score (nSPS) is 11.9. The molecule has 2 N–H and O–H groups in total. The van der Waals surface area contributed by atoms with Crippen LogP contribution in [-0.4, -0.2) is 45.2 Å². The average Bonchev–Trinajstić information content (AvgIpc) is 3.18. The number of nitrogens with zero attached hydrogens (tertiary/aromatic N) is 5. The maximum absolute atomic E-state index is 4.65. The Morgan fingerprint density at radius 3 is 2.85 bits per heavy atom. The Balaban J connectivity index is 1.52. The average molecular weight is 372 g/mol. The van der Waals surface area contributed by atoms with Gasteiger partial charge >= 0.3 is 0 Å². The third kappa shape index (κ3) is 4.57. The van der Waals surface area contributed by atoms with E-state index in [2.05, 4.69) is 51.6 Å². The molecule has 26 heavy (non-hydrogen) atoms. The van der Waals surface area contributed by atoms with Crippen molar-refractivity contribution in [2.45, 2.75) is 33.6 Å². The zero-order chi connectivity index (χ0) is 18.4. The van der Waals surface area contributed by atoms with Gasteiger partial charge < -0.3 is 10.6 Å². The largest absolute Gasteiger partial charge is 0.357 e. The summed E-state index contributed by atoms with van der Waals surface area (Å²) < 4.78 is 2.01. The van der Waals surface area contributed by atoms with Crippen molar-refractivity contribution in [1.82, 2.24) is 30.2 Å². The Morgan fingerprint density at radius 1 is 1.19 bits per heavy atom. The van der Waals surface area contributed by atoms with Crippen LogP contribution in [0.3, 0.4) is 0 Å². The molecule has 0 aliphatic carbocycles. The third-order valence-corrected chi connectivity index (χ3v) is 5.17. The lowest BCUT2D eigenvalue weighted by Gasteiger charge is -2.10. The van der Waals surface area contributed by atoms with Gasteiger partial charge in [-0.2, -0.15) is 0 Å². The molecule has 138 valence electrons. The van der Waals surface area contributed by atoms with E-state index in [4.69, 9.17) is 0 Å². The van der Waals surface area contributed by atoms with E-state index in [-0.39, 0.29) is 0 Å². The lowest BCUT2D eigenvalue weighted by molar-refractivity contribution is 0.762. The molecule has 0 saturated heterocycles. The van der Waals surface area contributed by atoms with Crippen molar-refractivity contribution in [3.8, 4) is 0 Å². The van der Waals surface area contributed by atoms with Crippen LogP contribution in [0.4, 0.5) is 0 Å². The van der Waals surface area contributed by atoms with Crippen LogP contribution >= 0.6 is 11.3 Å². The number of hydrogen-bond donors (Lipinski definition) is 2. The van der Waals surface area contributed by atoms with Crippen LogP contribution in [0, 0.1) is 13.8 Å². The molecule has 3 heterocycles. The summed E-state index contributed by atoms with van der Waals surface area (Å²) in [6, 6.07) is 5.91. The van der Waals surface area contributed by atoms with Gasteiger partial charge in [-0.1, -0.05) is 6.07 Å². The van der Waals surface area contributed by atoms with Gasteiger partial charge in [0.1, 0.15) is 5.82 Å². The summed E-state index contributed by atoms with van der Waals surface area (Å²) in [7, 11) is 0. The zero-order valence-electron chi connectivity index (χ0n) is 15.5. The molecule has 0 bridgehead atoms. The Bertz CT molecular complexity index is 861. The van der Waals surface area contributed by atoms with Crippen molar-refractivity contribution >= 4 is 22.9 Å². The number of aryl methyl sites for hydroxylation is 2. The van der Waals surface area contributed by atoms with Crippen LogP contribution in [0.2, 0.25) is 0 Å². The molecule has 0 atom stereocenters. The van der Waals surface area contributed by atoms with Gasteiger partial charge in [0.15, 0.2) is 11.6 Å². The van der Waals surface area contributed by atoms with Crippen molar-refractivity contribution in [2.75, 3.05) is 19.6 Å². The third-order valence-electron chi connectivity index (χ3n) is 4.04. The van der Waals surface area contributed by atoms with Crippen LogP contribution < -0.4 is 10.6 Å². The van der Waals surface area contributed by atoms with Gasteiger partial charge in [-0.25, -0.2) is 4.98 Å². The molecule has 0 aliphatic rings. The van der Waals surface area contributed by atoms with Crippen molar-refractivity contribution in [3.63, 3.8) is 0 Å². The first-order chi connectivity index (χ1) is 12.7. The maximum Gasteiger partial charge on any atom is 0.191 e. The highest BCUT2D eigenvalue weighted by Crippen LogP contribution is 2.16. The van der Waals surface area contributed by atoms with E-state index < -0.39 is 0 Å². The number of rotatable bonds is 7. The van der Waals surface area contributed by atoms with Crippen molar-refractivity contribution in [1.29, 1.82) is 0 Å². The number of nitrogens with one attached hydrogen (secondary N) is 2. The monoisotopic (exact) mass is 371 g/mol. The summed E-state index contributed by atoms with van der Waals surface area (Å²) in [6.45, 7) is 8.52. The molecule has 7 nitrogen and oxygen atoms in total. The molecule has 0 aliphatic heterocycles. The van der Waals surface area contributed by atoms with E-state index in [1.807, 2.05) is 28.8 Å². The number of thiazole rings is 1. The summed E-state index contributed by atoms with van der Waals surface area (Å²) in [5, 5.41) is 16.2. The molecule has 8 heteroatoms. The molecule has 3 rings (SSSR count). The summed E-state index contributed by atoms with van der Waals surface area (Å²) >= 11 is 1.76. The van der Waals surface area contributed by atoms with Crippen molar-refractivity contribution in [3.05, 3.63) is 45.8 Å². The lowest BCUT2D eigenvalue weighted by Crippen LogP contribution is -2.38. The molecular formula is C18H25N7S. The van der Waals surface area contributed by atoms with Gasteiger partial charge in [0.05, 0.1) is 10.7 Å². The van der Waals surface area contributed by atoms with Gasteiger partial charge in [0.2, 0.25) is 0 Å². The molecule has 0 fully saturated rings. The fraction of sp³-hybridized carbons (Fsp3) is 0.444. The van der Waals surface area contributed by atoms with E-state index in [9.17, 15) is 0 Å². The number of aromatic nitrogens is 4. The van der Waals surface area contributed by atoms with Crippen molar-refractivity contribution in [2.24, 2.45) is 4.99 Å². The summed E-state index contributed by atoms with van der Waals surface area (Å²) in [6.07, 6.45) is 3.63. The molecule has 0 spiro atoms. The van der Waals surface area contributed by atoms with Gasteiger partial charge in [-0.15, -0.1) is 21.5 Å². The van der Waals surface area contributed by atoms with Gasteiger partial charge in [0, 0.05) is 43.5 Å². The number of fused-ring (bicyclic) bond motifs is 1. The Kier molecular flexibility index (Phi) is 6.17.